The Kier molecular flexibility index (Phi) is 1.62. The first-order valence-electron chi connectivity index (χ1n) is 4.70. The monoisotopic (exact) mass is 199 g/mol. The molecule has 1 N–H and O–H groups in total. The zero-order chi connectivity index (χ0) is 10.3. The zero-order valence-corrected chi connectivity index (χ0v) is 8.19. The molecule has 0 aromatic carbocycles. The summed E-state index contributed by atoms with van der Waals surface area (Å²) in [5.41, 5.74) is 2.75. The van der Waals surface area contributed by atoms with Gasteiger partial charge in [0.1, 0.15) is 5.69 Å². The molecule has 74 valence electrons. The minimum absolute atomic E-state index is 0.769. The Morgan fingerprint density at radius 1 is 1.33 bits per heavy atom. The van der Waals surface area contributed by atoms with Crippen molar-refractivity contribution in [2.75, 3.05) is 0 Å². The van der Waals surface area contributed by atoms with Gasteiger partial charge in [-0.15, -0.1) is 0 Å². The van der Waals surface area contributed by atoms with Gasteiger partial charge in [-0.05, 0) is 25.1 Å². The fourth-order valence-electron chi connectivity index (χ4n) is 1.72. The lowest BCUT2D eigenvalue weighted by molar-refractivity contribution is 0.581. The second kappa shape index (κ2) is 2.95. The van der Waals surface area contributed by atoms with Crippen molar-refractivity contribution in [3.8, 4) is 11.5 Å². The highest BCUT2D eigenvalue weighted by atomic mass is 16.3. The predicted molar refractivity (Wildman–Crippen MR) is 56.3 cm³/mol. The minimum Gasteiger partial charge on any atom is -0.463 e. The summed E-state index contributed by atoms with van der Waals surface area (Å²) in [6, 6.07) is 5.65. The molecule has 0 spiro atoms. The summed E-state index contributed by atoms with van der Waals surface area (Å²) in [6.45, 7) is 1.95. The molecule has 15 heavy (non-hydrogen) atoms. The molecule has 0 aliphatic heterocycles. The molecule has 0 aliphatic carbocycles. The Labute approximate surface area is 85.9 Å². The first-order valence-corrected chi connectivity index (χ1v) is 4.70. The number of rotatable bonds is 1. The Morgan fingerprint density at radius 2 is 2.27 bits per heavy atom. The van der Waals surface area contributed by atoms with E-state index in [-0.39, 0.29) is 0 Å². The number of aromatic amines is 1. The molecule has 3 aromatic rings. The lowest BCUT2D eigenvalue weighted by Gasteiger charge is -1.98. The minimum atomic E-state index is 0.769. The summed E-state index contributed by atoms with van der Waals surface area (Å²) < 4.78 is 5.35. The molecule has 0 radical (unpaired) electrons. The highest BCUT2D eigenvalue weighted by molar-refractivity contribution is 5.92. The van der Waals surface area contributed by atoms with E-state index in [1.807, 2.05) is 25.1 Å². The Hall–Kier alpha value is -2.10. The van der Waals surface area contributed by atoms with Gasteiger partial charge < -0.3 is 4.42 Å². The quantitative estimate of drug-likeness (QED) is 0.655. The number of fused-ring (bicyclic) bond motifs is 1. The van der Waals surface area contributed by atoms with E-state index in [0.717, 1.165) is 28.1 Å². The van der Waals surface area contributed by atoms with Crippen LogP contribution in [0.25, 0.3) is 22.4 Å². The smallest absolute Gasteiger partial charge is 0.152 e. The third-order valence-corrected chi connectivity index (χ3v) is 2.41. The molecule has 3 heterocycles. The molecular formula is C11H9N3O. The standard InChI is InChI=1S/C11H9N3O/c1-7-10-8(14-13-7)4-5-12-11(10)9-3-2-6-15-9/h2-6H,1H3,(H,13,14). The van der Waals surface area contributed by atoms with Gasteiger partial charge in [-0.3, -0.25) is 10.1 Å². The van der Waals surface area contributed by atoms with Gasteiger partial charge >= 0.3 is 0 Å². The first-order chi connectivity index (χ1) is 7.36. The average Bonchev–Trinajstić information content (AvgIpc) is 2.88. The molecule has 4 nitrogen and oxygen atoms in total. The van der Waals surface area contributed by atoms with Crippen molar-refractivity contribution in [1.82, 2.24) is 15.2 Å². The van der Waals surface area contributed by atoms with Crippen molar-refractivity contribution in [1.29, 1.82) is 0 Å². The van der Waals surface area contributed by atoms with E-state index in [1.165, 1.54) is 0 Å². The molecule has 0 fully saturated rings. The molecule has 0 atom stereocenters. The number of hydrogen-bond donors (Lipinski definition) is 1. The van der Waals surface area contributed by atoms with E-state index < -0.39 is 0 Å². The summed E-state index contributed by atoms with van der Waals surface area (Å²) in [6.07, 6.45) is 3.39. The topological polar surface area (TPSA) is 54.7 Å². The van der Waals surface area contributed by atoms with Crippen molar-refractivity contribution >= 4 is 10.9 Å². The van der Waals surface area contributed by atoms with Gasteiger partial charge in [0.05, 0.1) is 22.9 Å². The summed E-state index contributed by atoms with van der Waals surface area (Å²) >= 11 is 0. The third-order valence-electron chi connectivity index (χ3n) is 2.41. The molecule has 4 heteroatoms. The molecule has 3 aromatic heterocycles. The van der Waals surface area contributed by atoms with Crippen molar-refractivity contribution in [3.63, 3.8) is 0 Å². The maximum Gasteiger partial charge on any atom is 0.152 e. The average molecular weight is 199 g/mol. The normalized spacial score (nSPS) is 11.0. The number of H-pyrrole nitrogens is 1. The number of aromatic nitrogens is 3. The summed E-state index contributed by atoms with van der Waals surface area (Å²) in [5, 5.41) is 8.14. The van der Waals surface area contributed by atoms with Crippen LogP contribution < -0.4 is 0 Å². The number of pyridine rings is 1. The van der Waals surface area contributed by atoms with E-state index in [9.17, 15) is 0 Å². The summed E-state index contributed by atoms with van der Waals surface area (Å²) in [4.78, 5) is 4.33. The van der Waals surface area contributed by atoms with Crippen LogP contribution >= 0.6 is 0 Å². The van der Waals surface area contributed by atoms with Gasteiger partial charge in [0, 0.05) is 6.20 Å². The van der Waals surface area contributed by atoms with Gasteiger partial charge in [-0.2, -0.15) is 5.10 Å². The molecule has 0 saturated heterocycles. The number of furan rings is 1. The van der Waals surface area contributed by atoms with Crippen LogP contribution in [0, 0.1) is 6.92 Å². The first kappa shape index (κ1) is 8.23. The van der Waals surface area contributed by atoms with E-state index in [4.69, 9.17) is 4.42 Å². The fraction of sp³-hybridized carbons (Fsp3) is 0.0909. The zero-order valence-electron chi connectivity index (χ0n) is 8.19. The van der Waals surface area contributed by atoms with Crippen molar-refractivity contribution in [2.24, 2.45) is 0 Å². The second-order valence-corrected chi connectivity index (χ2v) is 3.37. The van der Waals surface area contributed by atoms with Crippen LogP contribution in [0.2, 0.25) is 0 Å². The van der Waals surface area contributed by atoms with Crippen LogP contribution in [0.1, 0.15) is 5.69 Å². The van der Waals surface area contributed by atoms with E-state index in [1.54, 1.807) is 12.5 Å². The van der Waals surface area contributed by atoms with Crippen LogP contribution in [0.3, 0.4) is 0 Å². The Balaban J connectivity index is 2.39. The molecule has 0 saturated carbocycles. The summed E-state index contributed by atoms with van der Waals surface area (Å²) in [5.74, 6) is 0.769. The van der Waals surface area contributed by atoms with Crippen LogP contribution in [0.15, 0.2) is 35.1 Å². The summed E-state index contributed by atoms with van der Waals surface area (Å²) in [7, 11) is 0. The predicted octanol–water partition coefficient (Wildman–Crippen LogP) is 2.53. The van der Waals surface area contributed by atoms with Crippen molar-refractivity contribution in [2.45, 2.75) is 6.92 Å². The maximum absolute atomic E-state index is 5.35. The van der Waals surface area contributed by atoms with E-state index in [2.05, 4.69) is 15.2 Å². The van der Waals surface area contributed by atoms with Crippen LogP contribution in [0.4, 0.5) is 0 Å². The second-order valence-electron chi connectivity index (χ2n) is 3.37. The number of nitrogens with zero attached hydrogens (tertiary/aromatic N) is 2. The van der Waals surface area contributed by atoms with Gasteiger partial charge in [0.15, 0.2) is 5.76 Å². The lowest BCUT2D eigenvalue weighted by atomic mass is 10.1. The number of hydrogen-bond acceptors (Lipinski definition) is 3. The lowest BCUT2D eigenvalue weighted by Crippen LogP contribution is -1.83. The fourth-order valence-corrected chi connectivity index (χ4v) is 1.72. The van der Waals surface area contributed by atoms with Crippen LogP contribution in [-0.2, 0) is 0 Å². The maximum atomic E-state index is 5.35. The molecule has 0 unspecified atom stereocenters. The van der Waals surface area contributed by atoms with E-state index >= 15 is 0 Å². The Bertz CT molecular complexity index is 595. The number of aryl methyl sites for hydroxylation is 1. The van der Waals surface area contributed by atoms with Gasteiger partial charge in [0.2, 0.25) is 0 Å². The van der Waals surface area contributed by atoms with Gasteiger partial charge in [-0.1, -0.05) is 0 Å². The van der Waals surface area contributed by atoms with Crippen molar-refractivity contribution < 1.29 is 4.42 Å². The highest BCUT2D eigenvalue weighted by Crippen LogP contribution is 2.27. The number of nitrogens with one attached hydrogen (secondary N) is 1. The van der Waals surface area contributed by atoms with Crippen LogP contribution in [0.5, 0.6) is 0 Å². The largest absolute Gasteiger partial charge is 0.463 e. The van der Waals surface area contributed by atoms with E-state index in [0.29, 0.717) is 0 Å². The molecule has 0 amide bonds. The SMILES string of the molecule is Cc1n[nH]c2ccnc(-c3ccco3)c12. The van der Waals surface area contributed by atoms with Gasteiger partial charge in [0.25, 0.3) is 0 Å². The van der Waals surface area contributed by atoms with Gasteiger partial charge in [-0.25, -0.2) is 0 Å². The van der Waals surface area contributed by atoms with Crippen molar-refractivity contribution in [3.05, 3.63) is 36.4 Å². The third kappa shape index (κ3) is 1.15. The Morgan fingerprint density at radius 3 is 3.07 bits per heavy atom. The highest BCUT2D eigenvalue weighted by Gasteiger charge is 2.11. The molecule has 0 aliphatic rings. The molecule has 0 bridgehead atoms. The van der Waals surface area contributed by atoms with Crippen LogP contribution in [-0.4, -0.2) is 15.2 Å². The molecular weight excluding hydrogens is 190 g/mol. The molecule has 3 rings (SSSR count).